The van der Waals surface area contributed by atoms with Crippen LogP contribution in [0.3, 0.4) is 0 Å². The second-order valence-corrected chi connectivity index (χ2v) is 13.5. The molecular formula is C29H42O16S2. The molecule has 0 unspecified atom stereocenters. The number of esters is 6. The topological polar surface area (TPSA) is 203 Å². The van der Waals surface area contributed by atoms with Crippen LogP contribution in [0.2, 0.25) is 0 Å². The van der Waals surface area contributed by atoms with Crippen LogP contribution < -0.4 is 0 Å². The predicted molar refractivity (Wildman–Crippen MR) is 162 cm³/mol. The van der Waals surface area contributed by atoms with Crippen molar-refractivity contribution in [2.75, 3.05) is 13.2 Å². The maximum absolute atomic E-state index is 12.6. The summed E-state index contributed by atoms with van der Waals surface area (Å²) in [6, 6.07) is 0. The summed E-state index contributed by atoms with van der Waals surface area (Å²) in [6.07, 6.45) is -9.33. The molecule has 0 aliphatic carbocycles. The lowest BCUT2D eigenvalue weighted by Gasteiger charge is -2.49. The van der Waals surface area contributed by atoms with Crippen LogP contribution in [0.1, 0.15) is 62.3 Å². The van der Waals surface area contributed by atoms with Crippen molar-refractivity contribution in [3.8, 4) is 0 Å². The van der Waals surface area contributed by atoms with Crippen molar-refractivity contribution in [2.45, 2.75) is 127 Å². The highest BCUT2D eigenvalue weighted by Crippen LogP contribution is 2.45. The van der Waals surface area contributed by atoms with E-state index in [1.54, 1.807) is 13.8 Å². The molecule has 2 aliphatic heterocycles. The first-order valence-electron chi connectivity index (χ1n) is 14.6. The van der Waals surface area contributed by atoms with Gasteiger partial charge in [0, 0.05) is 48.5 Å². The highest BCUT2D eigenvalue weighted by atomic mass is 32.2. The fourth-order valence-electron chi connectivity index (χ4n) is 4.85. The van der Waals surface area contributed by atoms with Gasteiger partial charge < -0.3 is 42.6 Å². The summed E-state index contributed by atoms with van der Waals surface area (Å²) in [6.45, 7) is 10.8. The van der Waals surface area contributed by atoms with Gasteiger partial charge in [0.15, 0.2) is 35.8 Å². The van der Waals surface area contributed by atoms with Gasteiger partial charge in [-0.3, -0.25) is 33.6 Å². The monoisotopic (exact) mass is 710 g/mol. The quantitative estimate of drug-likeness (QED) is 0.196. The molecule has 0 amide bonds. The third-order valence-electron chi connectivity index (χ3n) is 6.29. The Balaban J connectivity index is 2.72. The van der Waals surface area contributed by atoms with E-state index in [1.807, 2.05) is 0 Å². The summed E-state index contributed by atoms with van der Waals surface area (Å²) in [5, 5.41) is -2.22. The first-order valence-corrected chi connectivity index (χ1v) is 16.5. The lowest BCUT2D eigenvalue weighted by molar-refractivity contribution is -0.259. The predicted octanol–water partition coefficient (Wildman–Crippen LogP) is 1.46. The minimum absolute atomic E-state index is 0.335. The molecule has 0 aromatic rings. The molecule has 47 heavy (non-hydrogen) atoms. The maximum atomic E-state index is 12.6. The molecule has 16 nitrogen and oxygen atoms in total. The van der Waals surface area contributed by atoms with E-state index >= 15 is 0 Å². The van der Waals surface area contributed by atoms with Crippen molar-refractivity contribution in [2.24, 2.45) is 0 Å². The molecule has 0 spiro atoms. The Morgan fingerprint density at radius 3 is 1.51 bits per heavy atom. The third kappa shape index (κ3) is 12.9. The lowest BCUT2D eigenvalue weighted by Crippen LogP contribution is -2.63. The SMILES string of the molecule is CC(=O)OC[C@H]1O[C@@H](S[C@H]2[C@H](SC(C)=O)[C@@H](OC(C)=O)[C@@H](OC(C)C)O[C@@H]2COC(C)=O)[C@H](OC(C)=O)[C@@H](OC(C)=O)[C@H]1OC(C)=O. The maximum Gasteiger partial charge on any atom is 0.303 e. The summed E-state index contributed by atoms with van der Waals surface area (Å²) in [5.41, 5.74) is -1.28. The van der Waals surface area contributed by atoms with E-state index in [1.165, 1.54) is 20.8 Å². The Bertz CT molecular complexity index is 1160. The first kappa shape index (κ1) is 40.2. The van der Waals surface area contributed by atoms with Crippen molar-refractivity contribution < 1.29 is 76.2 Å². The van der Waals surface area contributed by atoms with Crippen LogP contribution in [0.4, 0.5) is 0 Å². The zero-order valence-corrected chi connectivity index (χ0v) is 29.2. The molecule has 2 aliphatic rings. The van der Waals surface area contributed by atoms with Gasteiger partial charge in [-0.25, -0.2) is 0 Å². The Kier molecular flexibility index (Phi) is 15.9. The zero-order chi connectivity index (χ0) is 35.6. The number of thioether (sulfide) groups is 2. The number of rotatable bonds is 13. The van der Waals surface area contributed by atoms with E-state index in [-0.39, 0.29) is 11.7 Å². The first-order chi connectivity index (χ1) is 21.9. The Hall–Kier alpha value is -2.93. The van der Waals surface area contributed by atoms with E-state index in [2.05, 4.69) is 0 Å². The largest absolute Gasteiger partial charge is 0.463 e. The minimum Gasteiger partial charge on any atom is -0.463 e. The number of carbonyl (C=O) groups is 7. The molecular weight excluding hydrogens is 668 g/mol. The fraction of sp³-hybridized carbons (Fsp3) is 0.759. The Morgan fingerprint density at radius 2 is 1.04 bits per heavy atom. The van der Waals surface area contributed by atoms with Crippen LogP contribution in [-0.2, 0) is 76.2 Å². The average Bonchev–Trinajstić information content (AvgIpc) is 2.91. The Morgan fingerprint density at radius 1 is 0.574 bits per heavy atom. The van der Waals surface area contributed by atoms with Gasteiger partial charge in [0.1, 0.15) is 30.9 Å². The number of hydrogen-bond acceptors (Lipinski definition) is 18. The standard InChI is InChI=1S/C29H42O16S2/c1-12(2)39-28-25(43-18(8)35)27(46-19(9)36)26(21(44-28)11-38-14(4)31)47-29-24(42-17(7)34)23(41-16(6)33)22(40-15(5)32)20(45-29)10-37-13(3)30/h12,20-29H,10-11H2,1-9H3/t20-,21-,22+,23+,24-,25-,26-,27-,28+,29+/m1/s1. The smallest absolute Gasteiger partial charge is 0.303 e. The number of carbonyl (C=O) groups excluding carboxylic acids is 7. The highest BCUT2D eigenvalue weighted by Gasteiger charge is 2.56. The van der Waals surface area contributed by atoms with Crippen molar-refractivity contribution in [3.63, 3.8) is 0 Å². The molecule has 0 aromatic heterocycles. The second kappa shape index (κ2) is 18.6. The van der Waals surface area contributed by atoms with E-state index in [0.29, 0.717) is 0 Å². The van der Waals surface area contributed by atoms with E-state index < -0.39 is 107 Å². The summed E-state index contributed by atoms with van der Waals surface area (Å²) in [4.78, 5) is 85.2. The van der Waals surface area contributed by atoms with Crippen LogP contribution in [-0.4, -0.2) is 119 Å². The molecule has 2 rings (SSSR count). The molecule has 0 radical (unpaired) electrons. The summed E-state index contributed by atoms with van der Waals surface area (Å²) < 4.78 is 51.0. The molecule has 18 heteroatoms. The lowest BCUT2D eigenvalue weighted by atomic mass is 9.99. The van der Waals surface area contributed by atoms with Crippen molar-refractivity contribution in [3.05, 3.63) is 0 Å². The van der Waals surface area contributed by atoms with Crippen LogP contribution in [0, 0.1) is 0 Å². The van der Waals surface area contributed by atoms with Gasteiger partial charge in [-0.05, 0) is 13.8 Å². The molecule has 0 bridgehead atoms. The molecule has 266 valence electrons. The number of hydrogen-bond donors (Lipinski definition) is 0. The van der Waals surface area contributed by atoms with E-state index in [9.17, 15) is 33.6 Å². The zero-order valence-electron chi connectivity index (χ0n) is 27.6. The van der Waals surface area contributed by atoms with Crippen molar-refractivity contribution in [1.82, 2.24) is 0 Å². The number of ether oxygens (including phenoxy) is 9. The molecule has 10 atom stereocenters. The van der Waals surface area contributed by atoms with Gasteiger partial charge in [0.25, 0.3) is 0 Å². The van der Waals surface area contributed by atoms with Gasteiger partial charge in [-0.15, -0.1) is 11.8 Å². The summed E-state index contributed by atoms with van der Waals surface area (Å²) in [7, 11) is 0. The molecule has 0 saturated carbocycles. The normalized spacial score (nSPS) is 30.4. The van der Waals surface area contributed by atoms with Gasteiger partial charge in [-0.2, -0.15) is 0 Å². The van der Waals surface area contributed by atoms with Gasteiger partial charge in [0.2, 0.25) is 0 Å². The summed E-state index contributed by atoms with van der Waals surface area (Å²) in [5.74, 6) is -4.44. The summed E-state index contributed by atoms with van der Waals surface area (Å²) >= 11 is 1.75. The fourth-order valence-corrected chi connectivity index (χ4v) is 7.73. The average molecular weight is 711 g/mol. The molecule has 0 aromatic carbocycles. The second-order valence-electron chi connectivity index (χ2n) is 10.8. The van der Waals surface area contributed by atoms with Crippen LogP contribution in [0.25, 0.3) is 0 Å². The van der Waals surface area contributed by atoms with Crippen LogP contribution in [0.5, 0.6) is 0 Å². The van der Waals surface area contributed by atoms with Crippen LogP contribution >= 0.6 is 23.5 Å². The third-order valence-corrected chi connectivity index (χ3v) is 9.19. The molecule has 2 fully saturated rings. The van der Waals surface area contributed by atoms with Gasteiger partial charge in [-0.1, -0.05) is 11.8 Å². The van der Waals surface area contributed by atoms with E-state index in [4.69, 9.17) is 42.6 Å². The van der Waals surface area contributed by atoms with E-state index in [0.717, 1.165) is 51.2 Å². The molecule has 2 heterocycles. The van der Waals surface area contributed by atoms with Crippen molar-refractivity contribution in [1.29, 1.82) is 0 Å². The van der Waals surface area contributed by atoms with Crippen LogP contribution in [0.15, 0.2) is 0 Å². The van der Waals surface area contributed by atoms with Crippen molar-refractivity contribution >= 4 is 64.5 Å². The van der Waals surface area contributed by atoms with Gasteiger partial charge in [0.05, 0.1) is 16.6 Å². The van der Waals surface area contributed by atoms with Gasteiger partial charge >= 0.3 is 35.8 Å². The highest BCUT2D eigenvalue weighted by molar-refractivity contribution is 8.15. The minimum atomic E-state index is -1.45. The molecule has 2 saturated heterocycles. The Labute approximate surface area is 280 Å². The molecule has 0 N–H and O–H groups in total.